The Morgan fingerprint density at radius 1 is 1.08 bits per heavy atom. The first kappa shape index (κ1) is 25.0. The number of hydrogen-bond donors (Lipinski definition) is 2. The molecule has 0 spiro atoms. The van der Waals surface area contributed by atoms with E-state index in [9.17, 15) is 4.79 Å². The third kappa shape index (κ3) is 5.52. The summed E-state index contributed by atoms with van der Waals surface area (Å²) < 4.78 is 7.16. The molecule has 1 atom stereocenters. The fourth-order valence-corrected chi connectivity index (χ4v) is 5.39. The smallest absolute Gasteiger partial charge is 0.255 e. The number of rotatable bonds is 8. The number of aromatic nitrogens is 3. The van der Waals surface area contributed by atoms with Crippen LogP contribution in [-0.2, 0) is 10.5 Å². The van der Waals surface area contributed by atoms with Gasteiger partial charge in [0.15, 0.2) is 0 Å². The van der Waals surface area contributed by atoms with E-state index in [1.54, 1.807) is 30.6 Å². The van der Waals surface area contributed by atoms with E-state index in [1.165, 1.54) is 0 Å². The number of carbonyl (C=O) groups is 1. The van der Waals surface area contributed by atoms with Crippen molar-refractivity contribution in [3.05, 3.63) is 101 Å². The number of carbonyl (C=O) groups excluding carboxylic acids is 1. The summed E-state index contributed by atoms with van der Waals surface area (Å²) in [6.45, 7) is 1.91. The number of benzene rings is 3. The fourth-order valence-electron chi connectivity index (χ4n) is 4.21. The lowest BCUT2D eigenvalue weighted by molar-refractivity contribution is -0.113. The number of para-hydroxylation sites is 1. The number of nitrogens with zero attached hydrogens (tertiary/aromatic N) is 3. The lowest BCUT2D eigenvalue weighted by atomic mass is 9.95. The average molecular weight is 530 g/mol. The van der Waals surface area contributed by atoms with Gasteiger partial charge >= 0.3 is 0 Å². The maximum absolute atomic E-state index is 13.6. The molecule has 188 valence electrons. The first-order chi connectivity index (χ1) is 18.1. The van der Waals surface area contributed by atoms with Gasteiger partial charge in [0.2, 0.25) is 11.1 Å². The highest BCUT2D eigenvalue weighted by molar-refractivity contribution is 7.98. The normalized spacial score (nSPS) is 14.6. The van der Waals surface area contributed by atoms with E-state index in [2.05, 4.69) is 41.0 Å². The van der Waals surface area contributed by atoms with Crippen LogP contribution in [0, 0.1) is 0 Å². The summed E-state index contributed by atoms with van der Waals surface area (Å²) in [7, 11) is 1.66. The van der Waals surface area contributed by atoms with Crippen molar-refractivity contribution in [2.45, 2.75) is 28.8 Å². The molecule has 37 heavy (non-hydrogen) atoms. The molecule has 3 aromatic carbocycles. The zero-order valence-electron chi connectivity index (χ0n) is 20.8. The van der Waals surface area contributed by atoms with Crippen LogP contribution in [0.15, 0.2) is 100 Å². The molecule has 9 heteroatoms. The van der Waals surface area contributed by atoms with Gasteiger partial charge in [-0.05, 0) is 60.7 Å². The van der Waals surface area contributed by atoms with Gasteiger partial charge in [0.25, 0.3) is 5.91 Å². The molecule has 0 aliphatic carbocycles. The molecule has 0 saturated carbocycles. The minimum atomic E-state index is -0.422. The van der Waals surface area contributed by atoms with Crippen molar-refractivity contribution in [3.8, 4) is 5.75 Å². The van der Waals surface area contributed by atoms with Gasteiger partial charge in [-0.1, -0.05) is 54.2 Å². The van der Waals surface area contributed by atoms with Crippen LogP contribution in [0.25, 0.3) is 0 Å². The number of thioether (sulfide) groups is 2. The lowest BCUT2D eigenvalue weighted by Crippen LogP contribution is -2.31. The molecular formula is C28H27N5O2S2. The van der Waals surface area contributed by atoms with E-state index in [1.807, 2.05) is 66.4 Å². The number of anilines is 2. The third-order valence-electron chi connectivity index (χ3n) is 6.04. The van der Waals surface area contributed by atoms with Gasteiger partial charge in [-0.2, -0.15) is 4.98 Å². The second-order valence-corrected chi connectivity index (χ2v) is 10.3. The second kappa shape index (κ2) is 11.1. The Kier molecular flexibility index (Phi) is 7.52. The Labute approximate surface area is 224 Å². The van der Waals surface area contributed by atoms with Crippen molar-refractivity contribution in [1.82, 2.24) is 14.8 Å². The standard InChI is InChI=1S/C28H27N5O2S2/c1-18-24(26(34)30-21-9-5-4-6-10-21)25(20-12-14-23(36-3)15-13-20)33-27(29-18)31-28(32-33)37-17-19-8-7-11-22(16-19)35-2/h4-16,25H,17H2,1-3H3,(H,30,34)(H,29,31,32). The Morgan fingerprint density at radius 3 is 2.59 bits per heavy atom. The predicted octanol–water partition coefficient (Wildman–Crippen LogP) is 6.23. The molecule has 1 aliphatic heterocycles. The number of ether oxygens (including phenoxy) is 1. The number of methoxy groups -OCH3 is 1. The molecule has 7 nitrogen and oxygen atoms in total. The average Bonchev–Trinajstić information content (AvgIpc) is 3.34. The highest BCUT2D eigenvalue weighted by Crippen LogP contribution is 2.37. The van der Waals surface area contributed by atoms with Crippen LogP contribution in [-0.4, -0.2) is 34.0 Å². The van der Waals surface area contributed by atoms with Gasteiger partial charge in [-0.25, -0.2) is 4.68 Å². The summed E-state index contributed by atoms with van der Waals surface area (Å²) in [6.07, 6.45) is 2.05. The van der Waals surface area contributed by atoms with Crippen LogP contribution in [0.2, 0.25) is 0 Å². The molecule has 0 bridgehead atoms. The Hall–Kier alpha value is -3.69. The molecule has 0 saturated heterocycles. The highest BCUT2D eigenvalue weighted by atomic mass is 32.2. The largest absolute Gasteiger partial charge is 0.497 e. The number of amides is 1. The predicted molar refractivity (Wildman–Crippen MR) is 150 cm³/mol. The molecule has 2 N–H and O–H groups in total. The first-order valence-electron chi connectivity index (χ1n) is 11.8. The molecule has 1 aliphatic rings. The molecule has 0 radical (unpaired) electrons. The van der Waals surface area contributed by atoms with Gasteiger partial charge in [-0.15, -0.1) is 16.9 Å². The van der Waals surface area contributed by atoms with Crippen molar-refractivity contribution >= 4 is 41.1 Å². The van der Waals surface area contributed by atoms with Gasteiger partial charge < -0.3 is 15.4 Å². The first-order valence-corrected chi connectivity index (χ1v) is 14.0. The molecular weight excluding hydrogens is 502 g/mol. The van der Waals surface area contributed by atoms with Crippen molar-refractivity contribution in [2.24, 2.45) is 0 Å². The van der Waals surface area contributed by atoms with Crippen LogP contribution in [0.4, 0.5) is 11.6 Å². The third-order valence-corrected chi connectivity index (χ3v) is 7.70. The highest BCUT2D eigenvalue weighted by Gasteiger charge is 2.34. The number of fused-ring (bicyclic) bond motifs is 1. The Bertz CT molecular complexity index is 1430. The Morgan fingerprint density at radius 2 is 1.86 bits per heavy atom. The van der Waals surface area contributed by atoms with Crippen LogP contribution < -0.4 is 15.4 Å². The number of allylic oxidation sites excluding steroid dienone is 1. The molecule has 4 aromatic rings. The minimum Gasteiger partial charge on any atom is -0.497 e. The molecule has 1 unspecified atom stereocenters. The SMILES string of the molecule is COc1cccc(CSc2nc3n(n2)C(c2ccc(SC)cc2)C(C(=O)Nc2ccccc2)=C(C)N3)c1. The molecule has 0 fully saturated rings. The molecule has 5 rings (SSSR count). The maximum atomic E-state index is 13.6. The van der Waals surface area contributed by atoms with Crippen LogP contribution in [0.1, 0.15) is 24.1 Å². The summed E-state index contributed by atoms with van der Waals surface area (Å²) in [6, 6.07) is 25.3. The molecule has 1 aromatic heterocycles. The summed E-state index contributed by atoms with van der Waals surface area (Å²) in [4.78, 5) is 19.5. The fraction of sp³-hybridized carbons (Fsp3) is 0.179. The van der Waals surface area contributed by atoms with Gasteiger partial charge in [-0.3, -0.25) is 4.79 Å². The topological polar surface area (TPSA) is 81.1 Å². The van der Waals surface area contributed by atoms with Gasteiger partial charge in [0.05, 0.1) is 12.7 Å². The molecule has 1 amide bonds. The van der Waals surface area contributed by atoms with Crippen LogP contribution in [0.5, 0.6) is 5.75 Å². The quantitative estimate of drug-likeness (QED) is 0.262. The zero-order chi connectivity index (χ0) is 25.8. The zero-order valence-corrected chi connectivity index (χ0v) is 22.4. The van der Waals surface area contributed by atoms with E-state index >= 15 is 0 Å². The monoisotopic (exact) mass is 529 g/mol. The maximum Gasteiger partial charge on any atom is 0.255 e. The summed E-state index contributed by atoms with van der Waals surface area (Å²) in [5.41, 5.74) is 4.17. The minimum absolute atomic E-state index is 0.179. The summed E-state index contributed by atoms with van der Waals surface area (Å²) in [5.74, 6) is 1.95. The van der Waals surface area contributed by atoms with Crippen molar-refractivity contribution in [2.75, 3.05) is 24.0 Å². The van der Waals surface area contributed by atoms with Gasteiger partial charge in [0, 0.05) is 22.0 Å². The number of hydrogen-bond acceptors (Lipinski definition) is 7. The van der Waals surface area contributed by atoms with Crippen molar-refractivity contribution < 1.29 is 9.53 Å². The summed E-state index contributed by atoms with van der Waals surface area (Å²) in [5, 5.41) is 11.8. The second-order valence-electron chi connectivity index (χ2n) is 8.46. The van der Waals surface area contributed by atoms with E-state index in [4.69, 9.17) is 14.8 Å². The van der Waals surface area contributed by atoms with E-state index in [0.29, 0.717) is 22.4 Å². The number of nitrogens with one attached hydrogen (secondary N) is 2. The Balaban J connectivity index is 1.47. The van der Waals surface area contributed by atoms with Crippen molar-refractivity contribution in [1.29, 1.82) is 0 Å². The van der Waals surface area contributed by atoms with Crippen molar-refractivity contribution in [3.63, 3.8) is 0 Å². The van der Waals surface area contributed by atoms with E-state index < -0.39 is 6.04 Å². The summed E-state index contributed by atoms with van der Waals surface area (Å²) >= 11 is 3.22. The lowest BCUT2D eigenvalue weighted by Gasteiger charge is -2.28. The van der Waals surface area contributed by atoms with E-state index in [0.717, 1.165) is 33.2 Å². The van der Waals surface area contributed by atoms with Crippen LogP contribution in [0.3, 0.4) is 0 Å². The van der Waals surface area contributed by atoms with E-state index in [-0.39, 0.29) is 5.91 Å². The van der Waals surface area contributed by atoms with Gasteiger partial charge in [0.1, 0.15) is 11.8 Å². The van der Waals surface area contributed by atoms with Crippen LogP contribution >= 0.6 is 23.5 Å². The molecule has 2 heterocycles.